The highest BCUT2D eigenvalue weighted by molar-refractivity contribution is 14.0. The van der Waals surface area contributed by atoms with Crippen LogP contribution in [0.25, 0.3) is 0 Å². The Balaban J connectivity index is 0.00000392. The molecule has 0 bridgehead atoms. The molecular weight excluding hydrogens is 507 g/mol. The molecule has 0 aliphatic rings. The predicted octanol–water partition coefficient (Wildman–Crippen LogP) is 4.25. The monoisotopic (exact) mass is 534 g/mol. The van der Waals surface area contributed by atoms with E-state index < -0.39 is 0 Å². The third-order valence-corrected chi connectivity index (χ3v) is 5.06. The normalized spacial score (nSPS) is 11.0. The van der Waals surface area contributed by atoms with Gasteiger partial charge in [-0.05, 0) is 50.1 Å². The molecule has 154 valence electrons. The zero-order valence-electron chi connectivity index (χ0n) is 16.1. The highest BCUT2D eigenvalue weighted by Crippen LogP contribution is 2.19. The summed E-state index contributed by atoms with van der Waals surface area (Å²) in [5, 5.41) is 7.38. The van der Waals surface area contributed by atoms with Crippen molar-refractivity contribution in [1.29, 1.82) is 0 Å². The molecule has 2 N–H and O–H groups in total. The molecule has 1 aromatic heterocycles. The van der Waals surface area contributed by atoms with E-state index in [9.17, 15) is 4.79 Å². The fourth-order valence-corrected chi connectivity index (χ4v) is 3.34. The van der Waals surface area contributed by atoms with E-state index in [-0.39, 0.29) is 29.5 Å². The van der Waals surface area contributed by atoms with Crippen molar-refractivity contribution < 1.29 is 0 Å². The van der Waals surface area contributed by atoms with Crippen LogP contribution in [0.2, 0.25) is 5.02 Å². The summed E-state index contributed by atoms with van der Waals surface area (Å²) in [6.45, 7) is 5.19. The summed E-state index contributed by atoms with van der Waals surface area (Å²) < 4.78 is 1.74. The molecular formula is C20H28ClIN4OS. The van der Waals surface area contributed by atoms with Crippen LogP contribution in [0.4, 0.5) is 0 Å². The number of unbranched alkanes of at least 4 members (excludes halogenated alkanes) is 1. The van der Waals surface area contributed by atoms with Gasteiger partial charge in [-0.1, -0.05) is 17.7 Å². The zero-order chi connectivity index (χ0) is 19.3. The maximum absolute atomic E-state index is 11.6. The number of guanidine groups is 1. The van der Waals surface area contributed by atoms with Crippen molar-refractivity contribution >= 4 is 53.3 Å². The van der Waals surface area contributed by atoms with E-state index in [1.165, 1.54) is 4.90 Å². The van der Waals surface area contributed by atoms with Crippen LogP contribution >= 0.6 is 47.3 Å². The number of aromatic nitrogens is 1. The standard InChI is InChI=1S/C20H27ClN4OS.HI/c1-2-22-20(24-13-16-27-18-10-8-17(21)9-11-18)23-12-4-6-15-25-14-5-3-7-19(25)26;/h3,5,7-11,14H,2,4,6,12-13,15-16H2,1H3,(H2,22,23,24);1H. The molecule has 1 heterocycles. The Morgan fingerprint density at radius 3 is 2.64 bits per heavy atom. The Bertz CT molecular complexity index is 767. The van der Waals surface area contributed by atoms with E-state index in [1.807, 2.05) is 36.5 Å². The summed E-state index contributed by atoms with van der Waals surface area (Å²) in [7, 11) is 0. The lowest BCUT2D eigenvalue weighted by atomic mass is 10.3. The molecule has 0 unspecified atom stereocenters. The van der Waals surface area contributed by atoms with Crippen LogP contribution in [0.15, 0.2) is 63.3 Å². The van der Waals surface area contributed by atoms with Gasteiger partial charge in [0.25, 0.3) is 0 Å². The summed E-state index contributed by atoms with van der Waals surface area (Å²) in [4.78, 5) is 17.5. The number of hydrogen-bond acceptors (Lipinski definition) is 3. The van der Waals surface area contributed by atoms with Gasteiger partial charge in [-0.15, -0.1) is 35.7 Å². The topological polar surface area (TPSA) is 58.4 Å². The second-order valence-electron chi connectivity index (χ2n) is 5.93. The van der Waals surface area contributed by atoms with Crippen molar-refractivity contribution in [3.05, 3.63) is 64.0 Å². The number of nitrogens with zero attached hydrogens (tertiary/aromatic N) is 2. The number of halogens is 2. The average Bonchev–Trinajstić information content (AvgIpc) is 2.67. The first-order chi connectivity index (χ1) is 13.2. The van der Waals surface area contributed by atoms with Crippen molar-refractivity contribution in [3.63, 3.8) is 0 Å². The smallest absolute Gasteiger partial charge is 0.250 e. The van der Waals surface area contributed by atoms with Crippen molar-refractivity contribution in [2.75, 3.05) is 25.4 Å². The van der Waals surface area contributed by atoms with Crippen molar-refractivity contribution in [2.24, 2.45) is 4.99 Å². The lowest BCUT2D eigenvalue weighted by molar-refractivity contribution is 0.598. The minimum absolute atomic E-state index is 0. The van der Waals surface area contributed by atoms with E-state index in [4.69, 9.17) is 11.6 Å². The molecule has 0 aliphatic carbocycles. The number of aryl methyl sites for hydroxylation is 1. The maximum Gasteiger partial charge on any atom is 0.250 e. The van der Waals surface area contributed by atoms with Gasteiger partial charge in [-0.25, -0.2) is 0 Å². The molecule has 5 nitrogen and oxygen atoms in total. The van der Waals surface area contributed by atoms with E-state index >= 15 is 0 Å². The van der Waals surface area contributed by atoms with Gasteiger partial charge >= 0.3 is 0 Å². The molecule has 0 atom stereocenters. The highest BCUT2D eigenvalue weighted by Gasteiger charge is 1.99. The fourth-order valence-electron chi connectivity index (χ4n) is 2.44. The van der Waals surface area contributed by atoms with E-state index in [1.54, 1.807) is 28.5 Å². The number of hydrogen-bond donors (Lipinski definition) is 2. The van der Waals surface area contributed by atoms with E-state index in [0.717, 1.165) is 55.8 Å². The van der Waals surface area contributed by atoms with Crippen LogP contribution in [0.1, 0.15) is 19.8 Å². The second kappa shape index (κ2) is 14.8. The first-order valence-corrected chi connectivity index (χ1v) is 10.6. The van der Waals surface area contributed by atoms with Crippen LogP contribution in [-0.2, 0) is 6.54 Å². The summed E-state index contributed by atoms with van der Waals surface area (Å²) in [5.41, 5.74) is 0.0502. The van der Waals surface area contributed by atoms with Gasteiger partial charge in [-0.2, -0.15) is 0 Å². The number of rotatable bonds is 10. The highest BCUT2D eigenvalue weighted by atomic mass is 127. The Kier molecular flexibility index (Phi) is 13.1. The van der Waals surface area contributed by atoms with Gasteiger partial charge in [0.1, 0.15) is 0 Å². The first-order valence-electron chi connectivity index (χ1n) is 9.25. The fraction of sp³-hybridized carbons (Fsp3) is 0.400. The Hall–Kier alpha value is -1.19. The Morgan fingerprint density at radius 1 is 1.14 bits per heavy atom. The van der Waals surface area contributed by atoms with Crippen molar-refractivity contribution in [1.82, 2.24) is 15.2 Å². The van der Waals surface area contributed by atoms with E-state index in [0.29, 0.717) is 0 Å². The number of pyridine rings is 1. The minimum Gasteiger partial charge on any atom is -0.357 e. The number of nitrogens with one attached hydrogen (secondary N) is 2. The van der Waals surface area contributed by atoms with Crippen LogP contribution in [0.5, 0.6) is 0 Å². The molecule has 2 aromatic rings. The molecule has 2 rings (SSSR count). The van der Waals surface area contributed by atoms with Crippen LogP contribution in [-0.4, -0.2) is 35.9 Å². The summed E-state index contributed by atoms with van der Waals surface area (Å²) in [6, 6.07) is 13.1. The lowest BCUT2D eigenvalue weighted by Gasteiger charge is -2.11. The number of thioether (sulfide) groups is 1. The Morgan fingerprint density at radius 2 is 1.93 bits per heavy atom. The largest absolute Gasteiger partial charge is 0.357 e. The molecule has 0 amide bonds. The molecule has 0 fully saturated rings. The van der Waals surface area contributed by atoms with Crippen LogP contribution < -0.4 is 16.2 Å². The number of aliphatic imine (C=N–C) groups is 1. The Labute approximate surface area is 193 Å². The average molecular weight is 535 g/mol. The SMILES string of the molecule is CCNC(=NCCCCn1ccccc1=O)NCCSc1ccc(Cl)cc1.I. The van der Waals surface area contributed by atoms with Gasteiger partial charge in [0.2, 0.25) is 5.56 Å². The second-order valence-corrected chi connectivity index (χ2v) is 7.53. The van der Waals surface area contributed by atoms with Crippen LogP contribution in [0.3, 0.4) is 0 Å². The molecule has 8 heteroatoms. The van der Waals surface area contributed by atoms with Crippen molar-refractivity contribution in [3.8, 4) is 0 Å². The van der Waals surface area contributed by atoms with E-state index in [2.05, 4.69) is 22.5 Å². The lowest BCUT2D eigenvalue weighted by Crippen LogP contribution is -2.38. The summed E-state index contributed by atoms with van der Waals surface area (Å²) in [5.74, 6) is 1.79. The zero-order valence-corrected chi connectivity index (χ0v) is 20.0. The summed E-state index contributed by atoms with van der Waals surface area (Å²) >= 11 is 7.68. The van der Waals surface area contributed by atoms with Gasteiger partial charge < -0.3 is 15.2 Å². The minimum atomic E-state index is 0. The quantitative estimate of drug-likeness (QED) is 0.157. The predicted molar refractivity (Wildman–Crippen MR) is 132 cm³/mol. The van der Waals surface area contributed by atoms with Crippen LogP contribution in [0, 0.1) is 0 Å². The number of benzene rings is 1. The van der Waals surface area contributed by atoms with Gasteiger partial charge in [0.15, 0.2) is 5.96 Å². The van der Waals surface area contributed by atoms with Gasteiger partial charge in [-0.3, -0.25) is 9.79 Å². The molecule has 0 spiro atoms. The van der Waals surface area contributed by atoms with Gasteiger partial charge in [0, 0.05) is 54.1 Å². The first kappa shape index (κ1) is 24.8. The molecule has 0 aliphatic heterocycles. The molecule has 28 heavy (non-hydrogen) atoms. The third kappa shape index (κ3) is 9.84. The molecule has 0 saturated heterocycles. The van der Waals surface area contributed by atoms with Crippen molar-refractivity contribution in [2.45, 2.75) is 31.2 Å². The van der Waals surface area contributed by atoms with Gasteiger partial charge in [0.05, 0.1) is 0 Å². The molecule has 0 radical (unpaired) electrons. The molecule has 1 aromatic carbocycles. The summed E-state index contributed by atoms with van der Waals surface area (Å²) in [6.07, 6.45) is 3.70. The third-order valence-electron chi connectivity index (χ3n) is 3.80. The molecule has 0 saturated carbocycles. The maximum atomic E-state index is 11.6.